The number of carbonyl (C=O) groups excluding carboxylic acids is 1. The number of carbonyl (C=O) groups is 1. The van der Waals surface area contributed by atoms with Crippen molar-refractivity contribution in [3.63, 3.8) is 0 Å². The van der Waals surface area contributed by atoms with Crippen molar-refractivity contribution < 1.29 is 4.79 Å². The summed E-state index contributed by atoms with van der Waals surface area (Å²) in [5, 5.41) is 3.46. The smallest absolute Gasteiger partial charge is 0.253 e. The summed E-state index contributed by atoms with van der Waals surface area (Å²) in [6, 6.07) is 7.86. The monoisotopic (exact) mass is 334 g/mol. The van der Waals surface area contributed by atoms with Crippen LogP contribution in [0.4, 0.5) is 0 Å². The zero-order chi connectivity index (χ0) is 16.1. The minimum atomic E-state index is -0.350. The van der Waals surface area contributed by atoms with Gasteiger partial charge in [-0.2, -0.15) is 0 Å². The maximum atomic E-state index is 11.9. The van der Waals surface area contributed by atoms with Gasteiger partial charge in [0.2, 0.25) is 0 Å². The van der Waals surface area contributed by atoms with Crippen molar-refractivity contribution in [2.75, 3.05) is 6.54 Å². The van der Waals surface area contributed by atoms with E-state index in [-0.39, 0.29) is 24.6 Å². The van der Waals surface area contributed by atoms with Crippen molar-refractivity contribution >= 4 is 29.1 Å². The molecule has 1 heterocycles. The van der Waals surface area contributed by atoms with Crippen LogP contribution in [0.15, 0.2) is 41.3 Å². The average Bonchev–Trinajstić information content (AvgIpc) is 2.50. The van der Waals surface area contributed by atoms with Crippen LogP contribution in [0.25, 0.3) is 0 Å². The molecule has 4 nitrogen and oxygen atoms in total. The SMILES string of the molecule is C#CCNC(=O)c1ccc(=O)n(Cc2c(Cl)cccc2Cl)c1. The molecular formula is C16H12Cl2N2O2. The Bertz CT molecular complexity index is 786. The van der Waals surface area contributed by atoms with Crippen LogP contribution in [0.1, 0.15) is 15.9 Å². The first kappa shape index (κ1) is 16.2. The minimum Gasteiger partial charge on any atom is -0.341 e. The Morgan fingerprint density at radius 2 is 1.91 bits per heavy atom. The van der Waals surface area contributed by atoms with Gasteiger partial charge in [0.15, 0.2) is 0 Å². The maximum absolute atomic E-state index is 11.9. The van der Waals surface area contributed by atoms with E-state index in [0.29, 0.717) is 21.2 Å². The maximum Gasteiger partial charge on any atom is 0.253 e. The van der Waals surface area contributed by atoms with Crippen LogP contribution in [-0.2, 0) is 6.54 Å². The summed E-state index contributed by atoms with van der Waals surface area (Å²) in [4.78, 5) is 23.8. The van der Waals surface area contributed by atoms with Crippen molar-refractivity contribution in [1.29, 1.82) is 0 Å². The summed E-state index contributed by atoms with van der Waals surface area (Å²) < 4.78 is 1.37. The van der Waals surface area contributed by atoms with Gasteiger partial charge < -0.3 is 9.88 Å². The Morgan fingerprint density at radius 1 is 1.23 bits per heavy atom. The molecule has 1 aromatic carbocycles. The summed E-state index contributed by atoms with van der Waals surface area (Å²) >= 11 is 12.2. The molecule has 22 heavy (non-hydrogen) atoms. The number of amides is 1. The molecular weight excluding hydrogens is 323 g/mol. The van der Waals surface area contributed by atoms with E-state index in [1.807, 2.05) is 0 Å². The van der Waals surface area contributed by atoms with Gasteiger partial charge in [0.1, 0.15) is 0 Å². The number of benzene rings is 1. The standard InChI is InChI=1S/C16H12Cl2N2O2/c1-2-8-19-16(22)11-6-7-15(21)20(9-11)10-12-13(17)4-3-5-14(12)18/h1,3-7,9H,8,10H2,(H,19,22). The van der Waals surface area contributed by atoms with E-state index in [4.69, 9.17) is 29.6 Å². The van der Waals surface area contributed by atoms with Gasteiger partial charge in [0.25, 0.3) is 11.5 Å². The van der Waals surface area contributed by atoms with Gasteiger partial charge in [0.05, 0.1) is 18.7 Å². The number of halogens is 2. The first-order valence-corrected chi connectivity index (χ1v) is 7.13. The van der Waals surface area contributed by atoms with Crippen molar-refractivity contribution in [2.45, 2.75) is 6.54 Å². The number of pyridine rings is 1. The van der Waals surface area contributed by atoms with Gasteiger partial charge in [-0.1, -0.05) is 35.2 Å². The van der Waals surface area contributed by atoms with Crippen LogP contribution in [0.5, 0.6) is 0 Å². The molecule has 1 amide bonds. The van der Waals surface area contributed by atoms with E-state index in [2.05, 4.69) is 11.2 Å². The predicted molar refractivity (Wildman–Crippen MR) is 87.4 cm³/mol. The molecule has 0 aliphatic carbocycles. The number of nitrogens with zero attached hydrogens (tertiary/aromatic N) is 1. The molecule has 0 saturated heterocycles. The first-order chi connectivity index (χ1) is 10.5. The predicted octanol–water partition coefficient (Wildman–Crippen LogP) is 2.57. The fourth-order valence-corrected chi connectivity index (χ4v) is 2.39. The lowest BCUT2D eigenvalue weighted by Gasteiger charge is -2.11. The molecule has 0 unspecified atom stereocenters. The largest absolute Gasteiger partial charge is 0.341 e. The molecule has 2 rings (SSSR count). The van der Waals surface area contributed by atoms with Gasteiger partial charge in [-0.05, 0) is 18.2 Å². The highest BCUT2D eigenvalue weighted by Gasteiger charge is 2.10. The number of hydrogen-bond acceptors (Lipinski definition) is 2. The second-order valence-electron chi connectivity index (χ2n) is 4.47. The molecule has 0 aliphatic heterocycles. The fourth-order valence-electron chi connectivity index (χ4n) is 1.88. The third-order valence-electron chi connectivity index (χ3n) is 2.99. The van der Waals surface area contributed by atoms with Crippen LogP contribution in [0, 0.1) is 12.3 Å². The normalized spacial score (nSPS) is 10.0. The zero-order valence-electron chi connectivity index (χ0n) is 11.5. The molecule has 1 aromatic heterocycles. The van der Waals surface area contributed by atoms with Crippen LogP contribution in [0.2, 0.25) is 10.0 Å². The number of aromatic nitrogens is 1. The summed E-state index contributed by atoms with van der Waals surface area (Å²) in [5.41, 5.74) is 0.691. The second kappa shape index (κ2) is 7.17. The lowest BCUT2D eigenvalue weighted by molar-refractivity contribution is 0.0958. The molecule has 6 heteroatoms. The van der Waals surface area contributed by atoms with Crippen molar-refractivity contribution in [2.24, 2.45) is 0 Å². The summed E-state index contributed by atoms with van der Waals surface area (Å²) in [5.74, 6) is 1.96. The Balaban J connectivity index is 2.34. The number of hydrogen-bond donors (Lipinski definition) is 1. The quantitative estimate of drug-likeness (QED) is 0.873. The van der Waals surface area contributed by atoms with Crippen LogP contribution < -0.4 is 10.9 Å². The number of nitrogens with one attached hydrogen (secondary N) is 1. The van der Waals surface area contributed by atoms with E-state index in [1.54, 1.807) is 18.2 Å². The van der Waals surface area contributed by atoms with Crippen LogP contribution >= 0.6 is 23.2 Å². The highest BCUT2D eigenvalue weighted by atomic mass is 35.5. The molecule has 0 saturated carbocycles. The van der Waals surface area contributed by atoms with E-state index >= 15 is 0 Å². The molecule has 112 valence electrons. The third-order valence-corrected chi connectivity index (χ3v) is 3.70. The lowest BCUT2D eigenvalue weighted by Crippen LogP contribution is -2.27. The molecule has 1 N–H and O–H groups in total. The minimum absolute atomic E-state index is 0.119. The first-order valence-electron chi connectivity index (χ1n) is 6.38. The van der Waals surface area contributed by atoms with Gasteiger partial charge in [-0.3, -0.25) is 9.59 Å². The molecule has 0 fully saturated rings. The summed E-state index contributed by atoms with van der Waals surface area (Å²) in [6.45, 7) is 0.294. The average molecular weight is 335 g/mol. The fraction of sp³-hybridized carbons (Fsp3) is 0.125. The van der Waals surface area contributed by atoms with Gasteiger partial charge in [-0.25, -0.2) is 0 Å². The molecule has 0 radical (unpaired) electrons. The molecule has 0 spiro atoms. The van der Waals surface area contributed by atoms with Crippen LogP contribution in [-0.4, -0.2) is 17.0 Å². The van der Waals surface area contributed by atoms with Crippen molar-refractivity contribution in [1.82, 2.24) is 9.88 Å². The molecule has 2 aromatic rings. The Kier molecular flexibility index (Phi) is 5.26. The lowest BCUT2D eigenvalue weighted by atomic mass is 10.2. The molecule has 0 bridgehead atoms. The second-order valence-corrected chi connectivity index (χ2v) is 5.29. The Morgan fingerprint density at radius 3 is 2.55 bits per heavy atom. The summed E-state index contributed by atoms with van der Waals surface area (Å²) in [7, 11) is 0. The van der Waals surface area contributed by atoms with E-state index in [0.717, 1.165) is 0 Å². The highest BCUT2D eigenvalue weighted by Crippen LogP contribution is 2.24. The topological polar surface area (TPSA) is 51.1 Å². The number of terminal acetylenes is 1. The van der Waals surface area contributed by atoms with E-state index < -0.39 is 0 Å². The molecule has 0 aliphatic rings. The highest BCUT2D eigenvalue weighted by molar-refractivity contribution is 6.35. The van der Waals surface area contributed by atoms with Gasteiger partial charge >= 0.3 is 0 Å². The van der Waals surface area contributed by atoms with Gasteiger partial charge in [-0.15, -0.1) is 6.42 Å². The number of rotatable bonds is 4. The van der Waals surface area contributed by atoms with Gasteiger partial charge in [0, 0.05) is 27.9 Å². The zero-order valence-corrected chi connectivity index (χ0v) is 13.0. The van der Waals surface area contributed by atoms with Crippen molar-refractivity contribution in [3.8, 4) is 12.3 Å². The van der Waals surface area contributed by atoms with Crippen LogP contribution in [0.3, 0.4) is 0 Å². The van der Waals surface area contributed by atoms with Crippen molar-refractivity contribution in [3.05, 3.63) is 68.1 Å². The van der Waals surface area contributed by atoms with E-state index in [9.17, 15) is 9.59 Å². The summed E-state index contributed by atoms with van der Waals surface area (Å²) in [6.07, 6.45) is 6.55. The van der Waals surface area contributed by atoms with E-state index in [1.165, 1.54) is 22.9 Å². The molecule has 0 atom stereocenters. The third kappa shape index (κ3) is 3.70. The Hall–Kier alpha value is -2.22. The Labute approximate surface area is 137 Å².